The molecule has 1 atom stereocenters. The monoisotopic (exact) mass is 489 g/mol. The van der Waals surface area contributed by atoms with E-state index in [0.29, 0.717) is 18.2 Å². The summed E-state index contributed by atoms with van der Waals surface area (Å²) < 4.78 is 5.71. The normalized spacial score (nSPS) is 15.0. The highest BCUT2D eigenvalue weighted by Crippen LogP contribution is 2.30. The fourth-order valence-corrected chi connectivity index (χ4v) is 4.76. The first-order chi connectivity index (χ1) is 17.6. The fraction of sp³-hybridized carbons (Fsp3) is 0.448. The molecular formula is C29H39N5O2. The summed E-state index contributed by atoms with van der Waals surface area (Å²) in [6, 6.07) is 20.1. The summed E-state index contributed by atoms with van der Waals surface area (Å²) >= 11 is 0. The molecule has 1 aromatic heterocycles. The van der Waals surface area contributed by atoms with Crippen LogP contribution in [0.15, 0.2) is 66.9 Å². The van der Waals surface area contributed by atoms with Crippen LogP contribution in [0.25, 0.3) is 0 Å². The van der Waals surface area contributed by atoms with Crippen LogP contribution in [-0.2, 0) is 0 Å². The van der Waals surface area contributed by atoms with Gasteiger partial charge in [-0.3, -0.25) is 0 Å². The lowest BCUT2D eigenvalue weighted by molar-refractivity contribution is 0.0831. The first-order valence-corrected chi connectivity index (χ1v) is 13.0. The molecule has 0 radical (unpaired) electrons. The van der Waals surface area contributed by atoms with Crippen LogP contribution in [-0.4, -0.2) is 59.9 Å². The minimum atomic E-state index is -0.528. The molecule has 3 aromatic rings. The molecule has 2 N–H and O–H groups in total. The fourth-order valence-electron chi connectivity index (χ4n) is 4.76. The van der Waals surface area contributed by atoms with Gasteiger partial charge in [0.1, 0.15) is 24.3 Å². The van der Waals surface area contributed by atoms with E-state index in [1.165, 1.54) is 38.5 Å². The number of nitrogens with zero attached hydrogens (tertiary/aromatic N) is 4. The second-order valence-electron chi connectivity index (χ2n) is 9.89. The van der Waals surface area contributed by atoms with Gasteiger partial charge in [0.05, 0.1) is 0 Å². The average Bonchev–Trinajstić information content (AvgIpc) is 2.90. The summed E-state index contributed by atoms with van der Waals surface area (Å²) in [6.45, 7) is 1.76. The van der Waals surface area contributed by atoms with Crippen LogP contribution in [0.4, 0.5) is 23.1 Å². The number of aromatic nitrogens is 2. The molecule has 0 saturated heterocycles. The Hall–Kier alpha value is -3.16. The number of anilines is 4. The van der Waals surface area contributed by atoms with Gasteiger partial charge in [-0.2, -0.15) is 4.98 Å². The van der Waals surface area contributed by atoms with E-state index < -0.39 is 6.10 Å². The Morgan fingerprint density at radius 3 is 2.47 bits per heavy atom. The minimum Gasteiger partial charge on any atom is -0.491 e. The summed E-state index contributed by atoms with van der Waals surface area (Å²) in [5.41, 5.74) is 2.03. The van der Waals surface area contributed by atoms with Crippen molar-refractivity contribution in [2.75, 3.05) is 44.0 Å². The van der Waals surface area contributed by atoms with Gasteiger partial charge in [-0.25, -0.2) is 4.98 Å². The van der Waals surface area contributed by atoms with Crippen molar-refractivity contribution < 1.29 is 9.84 Å². The van der Waals surface area contributed by atoms with E-state index in [4.69, 9.17) is 9.72 Å². The van der Waals surface area contributed by atoms with Gasteiger partial charge in [0.15, 0.2) is 0 Å². The van der Waals surface area contributed by atoms with E-state index in [0.717, 1.165) is 29.7 Å². The third-order valence-corrected chi connectivity index (χ3v) is 6.60. The molecule has 2 aromatic carbocycles. The molecule has 0 bridgehead atoms. The highest BCUT2D eigenvalue weighted by atomic mass is 16.5. The third kappa shape index (κ3) is 7.93. The number of nitrogens with one attached hydrogen (secondary N) is 1. The van der Waals surface area contributed by atoms with Crippen LogP contribution in [0.1, 0.15) is 38.5 Å². The number of hydrogen-bond acceptors (Lipinski definition) is 7. The van der Waals surface area contributed by atoms with Crippen LogP contribution in [0.5, 0.6) is 5.75 Å². The molecule has 1 fully saturated rings. The van der Waals surface area contributed by atoms with E-state index in [9.17, 15) is 5.11 Å². The predicted molar refractivity (Wildman–Crippen MR) is 146 cm³/mol. The third-order valence-electron chi connectivity index (χ3n) is 6.60. The van der Waals surface area contributed by atoms with Crippen molar-refractivity contribution in [3.05, 3.63) is 66.9 Å². The second kappa shape index (κ2) is 13.2. The Morgan fingerprint density at radius 2 is 1.75 bits per heavy atom. The minimum absolute atomic E-state index is 0.256. The molecule has 1 saturated carbocycles. The second-order valence-corrected chi connectivity index (χ2v) is 9.89. The molecule has 4 rings (SSSR count). The van der Waals surface area contributed by atoms with Crippen molar-refractivity contribution >= 4 is 23.1 Å². The first-order valence-electron chi connectivity index (χ1n) is 13.0. The molecule has 1 aliphatic carbocycles. The molecule has 0 amide bonds. The Balaban J connectivity index is 1.41. The first kappa shape index (κ1) is 25.9. The summed E-state index contributed by atoms with van der Waals surface area (Å²) in [6.07, 6.45) is 9.24. The van der Waals surface area contributed by atoms with Gasteiger partial charge in [0, 0.05) is 30.7 Å². The van der Waals surface area contributed by atoms with Crippen LogP contribution in [0.3, 0.4) is 0 Å². The quantitative estimate of drug-likeness (QED) is 0.341. The summed E-state index contributed by atoms with van der Waals surface area (Å²) in [4.78, 5) is 13.5. The Morgan fingerprint density at radius 1 is 1.00 bits per heavy atom. The van der Waals surface area contributed by atoms with Crippen LogP contribution in [0, 0.1) is 5.92 Å². The van der Waals surface area contributed by atoms with Gasteiger partial charge in [0.2, 0.25) is 5.95 Å². The number of rotatable bonds is 12. The molecule has 192 valence electrons. The number of hydrogen-bond donors (Lipinski definition) is 2. The zero-order valence-electron chi connectivity index (χ0n) is 21.5. The maximum Gasteiger partial charge on any atom is 0.229 e. The number of aliphatic hydroxyl groups is 1. The lowest BCUT2D eigenvalue weighted by atomic mass is 9.87. The van der Waals surface area contributed by atoms with Crippen LogP contribution < -0.4 is 15.0 Å². The van der Waals surface area contributed by atoms with Crippen molar-refractivity contribution in [1.29, 1.82) is 0 Å². The van der Waals surface area contributed by atoms with Crippen molar-refractivity contribution in [3.63, 3.8) is 0 Å². The SMILES string of the molecule is CN(C)CC(O)COc1ccc(Nc2nccc(N(CCC3CCCCC3)c3ccccc3)n2)cc1. The highest BCUT2D eigenvalue weighted by Gasteiger charge is 2.17. The van der Waals surface area contributed by atoms with Crippen molar-refractivity contribution in [2.45, 2.75) is 44.6 Å². The van der Waals surface area contributed by atoms with Crippen LogP contribution >= 0.6 is 0 Å². The molecule has 7 heteroatoms. The largest absolute Gasteiger partial charge is 0.491 e. The molecule has 0 spiro atoms. The Bertz CT molecular complexity index is 1040. The number of ether oxygens (including phenoxy) is 1. The number of likely N-dealkylation sites (N-methyl/N-ethyl adjacent to an activating group) is 1. The molecule has 0 aliphatic heterocycles. The number of benzene rings is 2. The zero-order chi connectivity index (χ0) is 25.2. The molecule has 1 aliphatic rings. The molecule has 1 unspecified atom stereocenters. The van der Waals surface area contributed by atoms with Gasteiger partial charge in [0.25, 0.3) is 0 Å². The molecule has 7 nitrogen and oxygen atoms in total. The van der Waals surface area contributed by atoms with Gasteiger partial charge >= 0.3 is 0 Å². The van der Waals surface area contributed by atoms with Gasteiger partial charge in [-0.1, -0.05) is 50.3 Å². The maximum atomic E-state index is 10.00. The molecule has 1 heterocycles. The predicted octanol–water partition coefficient (Wildman–Crippen LogP) is 5.63. The topological polar surface area (TPSA) is 73.8 Å². The summed E-state index contributed by atoms with van der Waals surface area (Å²) in [5, 5.41) is 13.3. The van der Waals surface area contributed by atoms with E-state index >= 15 is 0 Å². The maximum absolute atomic E-state index is 10.00. The van der Waals surface area contributed by atoms with Crippen LogP contribution in [0.2, 0.25) is 0 Å². The lowest BCUT2D eigenvalue weighted by Crippen LogP contribution is -2.30. The standard InChI is InChI=1S/C29H39N5O2/c1-33(2)21-26(35)22-36-27-15-13-24(14-16-27)31-29-30-19-17-28(32-29)34(25-11-7-4-8-12-25)20-18-23-9-5-3-6-10-23/h4,7-8,11-17,19,23,26,35H,3,5-6,9-10,18,20-22H2,1-2H3,(H,30,31,32). The average molecular weight is 490 g/mol. The molecule has 36 heavy (non-hydrogen) atoms. The highest BCUT2D eigenvalue weighted by molar-refractivity contribution is 5.62. The summed E-state index contributed by atoms with van der Waals surface area (Å²) in [5.74, 6) is 2.96. The number of aliphatic hydroxyl groups excluding tert-OH is 1. The lowest BCUT2D eigenvalue weighted by Gasteiger charge is -2.28. The zero-order valence-corrected chi connectivity index (χ0v) is 21.5. The van der Waals surface area contributed by atoms with E-state index in [2.05, 4.69) is 39.5 Å². The van der Waals surface area contributed by atoms with Crippen molar-refractivity contribution in [3.8, 4) is 5.75 Å². The Labute approximate surface area is 215 Å². The summed E-state index contributed by atoms with van der Waals surface area (Å²) in [7, 11) is 3.85. The van der Waals surface area contributed by atoms with E-state index in [-0.39, 0.29) is 6.61 Å². The van der Waals surface area contributed by atoms with Crippen molar-refractivity contribution in [1.82, 2.24) is 14.9 Å². The Kier molecular flexibility index (Phi) is 9.53. The smallest absolute Gasteiger partial charge is 0.229 e. The number of para-hydroxylation sites is 1. The van der Waals surface area contributed by atoms with Gasteiger partial charge in [-0.15, -0.1) is 0 Å². The van der Waals surface area contributed by atoms with E-state index in [1.54, 1.807) is 0 Å². The van der Waals surface area contributed by atoms with Gasteiger partial charge in [-0.05, 0) is 68.9 Å². The van der Waals surface area contributed by atoms with Gasteiger partial charge < -0.3 is 25.0 Å². The molecular weight excluding hydrogens is 450 g/mol. The van der Waals surface area contributed by atoms with E-state index in [1.807, 2.05) is 61.6 Å². The van der Waals surface area contributed by atoms with Crippen molar-refractivity contribution in [2.24, 2.45) is 5.92 Å².